The molecule has 0 saturated carbocycles. The Morgan fingerprint density at radius 1 is 1.50 bits per heavy atom. The molecule has 5 heteroatoms. The minimum absolute atomic E-state index is 0.138. The highest BCUT2D eigenvalue weighted by Crippen LogP contribution is 2.11. The first-order chi connectivity index (χ1) is 8.56. The minimum atomic E-state index is -0.275. The Labute approximate surface area is 109 Å². The fraction of sp³-hybridized carbons (Fsp3) is 0.692. The molecular formula is C13H24N4O. The second kappa shape index (κ2) is 7.16. The highest BCUT2D eigenvalue weighted by Gasteiger charge is 2.21. The summed E-state index contributed by atoms with van der Waals surface area (Å²) in [6, 6.07) is 1.96. The molecule has 0 unspecified atom stereocenters. The first-order valence-electron chi connectivity index (χ1n) is 6.60. The lowest BCUT2D eigenvalue weighted by atomic mass is 10.1. The van der Waals surface area contributed by atoms with E-state index in [4.69, 9.17) is 5.73 Å². The second-order valence-corrected chi connectivity index (χ2v) is 4.78. The topological polar surface area (TPSA) is 72.9 Å². The molecule has 1 amide bonds. The fourth-order valence-corrected chi connectivity index (χ4v) is 1.92. The number of aromatic nitrogens is 2. The standard InChI is InChI=1S/C13H24N4O/c1-4-5-7-12(13(14)18)16-10(2)11(3)17-9-6-8-15-17/h6,8-12,16H,4-5,7H2,1-3H3,(H2,14,18)/t10-,11-,12-/m0/s1. The van der Waals surface area contributed by atoms with E-state index in [2.05, 4.69) is 24.3 Å². The number of hydrogen-bond acceptors (Lipinski definition) is 3. The molecule has 0 radical (unpaired) electrons. The number of carbonyl (C=O) groups is 1. The van der Waals surface area contributed by atoms with Crippen LogP contribution in [0, 0.1) is 0 Å². The molecule has 0 spiro atoms. The smallest absolute Gasteiger partial charge is 0.234 e. The van der Waals surface area contributed by atoms with Crippen molar-refractivity contribution in [1.29, 1.82) is 0 Å². The van der Waals surface area contributed by atoms with E-state index in [-0.39, 0.29) is 24.0 Å². The van der Waals surface area contributed by atoms with Crippen molar-refractivity contribution < 1.29 is 4.79 Å². The van der Waals surface area contributed by atoms with Gasteiger partial charge in [-0.2, -0.15) is 5.10 Å². The number of nitrogens with two attached hydrogens (primary N) is 1. The summed E-state index contributed by atoms with van der Waals surface area (Å²) in [5, 5.41) is 7.52. The molecule has 0 aliphatic rings. The summed E-state index contributed by atoms with van der Waals surface area (Å²) < 4.78 is 1.88. The van der Waals surface area contributed by atoms with Gasteiger partial charge in [0, 0.05) is 18.4 Å². The highest BCUT2D eigenvalue weighted by molar-refractivity contribution is 5.79. The maximum absolute atomic E-state index is 11.4. The van der Waals surface area contributed by atoms with E-state index < -0.39 is 0 Å². The fourth-order valence-electron chi connectivity index (χ4n) is 1.92. The zero-order valence-electron chi connectivity index (χ0n) is 11.5. The van der Waals surface area contributed by atoms with Crippen molar-refractivity contribution in [2.24, 2.45) is 5.73 Å². The predicted octanol–water partition coefficient (Wildman–Crippen LogP) is 1.47. The lowest BCUT2D eigenvalue weighted by molar-refractivity contribution is -0.120. The van der Waals surface area contributed by atoms with Gasteiger partial charge in [-0.15, -0.1) is 0 Å². The summed E-state index contributed by atoms with van der Waals surface area (Å²) >= 11 is 0. The zero-order chi connectivity index (χ0) is 13.5. The zero-order valence-corrected chi connectivity index (χ0v) is 11.5. The van der Waals surface area contributed by atoms with Crippen LogP contribution in [0.2, 0.25) is 0 Å². The van der Waals surface area contributed by atoms with Crippen molar-refractivity contribution >= 4 is 5.91 Å². The van der Waals surface area contributed by atoms with Crippen LogP contribution in [0.1, 0.15) is 46.1 Å². The quantitative estimate of drug-likeness (QED) is 0.735. The van der Waals surface area contributed by atoms with E-state index in [0.29, 0.717) is 0 Å². The Kier molecular flexibility index (Phi) is 5.85. The van der Waals surface area contributed by atoms with Crippen LogP contribution < -0.4 is 11.1 Å². The summed E-state index contributed by atoms with van der Waals surface area (Å²) in [6.07, 6.45) is 6.54. The molecule has 0 aromatic carbocycles. The van der Waals surface area contributed by atoms with Gasteiger partial charge in [-0.05, 0) is 26.3 Å². The number of rotatable bonds is 8. The van der Waals surface area contributed by atoms with Crippen molar-refractivity contribution in [3.63, 3.8) is 0 Å². The molecule has 1 aromatic rings. The van der Waals surface area contributed by atoms with E-state index in [1.807, 2.05) is 23.9 Å². The maximum atomic E-state index is 11.4. The number of carbonyl (C=O) groups excluding carboxylic acids is 1. The second-order valence-electron chi connectivity index (χ2n) is 4.78. The molecule has 0 saturated heterocycles. The van der Waals surface area contributed by atoms with Gasteiger partial charge < -0.3 is 11.1 Å². The number of primary amides is 1. The van der Waals surface area contributed by atoms with Crippen LogP contribution in [-0.2, 0) is 4.79 Å². The summed E-state index contributed by atoms with van der Waals surface area (Å²) in [5.41, 5.74) is 5.42. The average molecular weight is 252 g/mol. The van der Waals surface area contributed by atoms with Gasteiger partial charge in [0.1, 0.15) is 0 Å². The van der Waals surface area contributed by atoms with E-state index in [1.165, 1.54) is 0 Å². The van der Waals surface area contributed by atoms with Crippen molar-refractivity contribution in [1.82, 2.24) is 15.1 Å². The van der Waals surface area contributed by atoms with E-state index in [9.17, 15) is 4.79 Å². The normalized spacial score (nSPS) is 16.2. The number of amides is 1. The van der Waals surface area contributed by atoms with Gasteiger partial charge >= 0.3 is 0 Å². The Hall–Kier alpha value is -1.36. The summed E-state index contributed by atoms with van der Waals surface area (Å²) in [7, 11) is 0. The molecule has 0 aliphatic heterocycles. The molecule has 18 heavy (non-hydrogen) atoms. The van der Waals surface area contributed by atoms with Crippen LogP contribution in [-0.4, -0.2) is 27.8 Å². The largest absolute Gasteiger partial charge is 0.368 e. The molecule has 1 rings (SSSR count). The van der Waals surface area contributed by atoms with Gasteiger partial charge in [0.2, 0.25) is 5.91 Å². The van der Waals surface area contributed by atoms with E-state index in [1.54, 1.807) is 6.20 Å². The van der Waals surface area contributed by atoms with Crippen LogP contribution in [0.5, 0.6) is 0 Å². The number of unbranched alkanes of at least 4 members (excludes halogenated alkanes) is 1. The van der Waals surface area contributed by atoms with Crippen molar-refractivity contribution in [2.75, 3.05) is 0 Å². The molecule has 5 nitrogen and oxygen atoms in total. The molecule has 0 bridgehead atoms. The predicted molar refractivity (Wildman–Crippen MR) is 72.0 cm³/mol. The summed E-state index contributed by atoms with van der Waals surface area (Å²) in [4.78, 5) is 11.4. The van der Waals surface area contributed by atoms with Crippen LogP contribution in [0.25, 0.3) is 0 Å². The van der Waals surface area contributed by atoms with Gasteiger partial charge in [-0.3, -0.25) is 9.48 Å². The lowest BCUT2D eigenvalue weighted by Crippen LogP contribution is -2.47. The van der Waals surface area contributed by atoms with Crippen LogP contribution >= 0.6 is 0 Å². The summed E-state index contributed by atoms with van der Waals surface area (Å²) in [5.74, 6) is -0.275. The van der Waals surface area contributed by atoms with Crippen molar-refractivity contribution in [3.05, 3.63) is 18.5 Å². The third-order valence-electron chi connectivity index (χ3n) is 3.32. The lowest BCUT2D eigenvalue weighted by Gasteiger charge is -2.26. The van der Waals surface area contributed by atoms with Gasteiger partial charge in [-0.25, -0.2) is 0 Å². The maximum Gasteiger partial charge on any atom is 0.234 e. The first kappa shape index (κ1) is 14.7. The van der Waals surface area contributed by atoms with Gasteiger partial charge in [-0.1, -0.05) is 19.8 Å². The number of nitrogens with one attached hydrogen (secondary N) is 1. The van der Waals surface area contributed by atoms with Crippen molar-refractivity contribution in [2.45, 2.75) is 58.2 Å². The third-order valence-corrected chi connectivity index (χ3v) is 3.32. The number of nitrogens with zero attached hydrogens (tertiary/aromatic N) is 2. The van der Waals surface area contributed by atoms with Crippen LogP contribution in [0.15, 0.2) is 18.5 Å². The van der Waals surface area contributed by atoms with E-state index in [0.717, 1.165) is 19.3 Å². The SMILES string of the molecule is CCCC[C@H](N[C@@H](C)[C@H](C)n1cccn1)C(N)=O. The number of hydrogen-bond donors (Lipinski definition) is 2. The molecule has 0 fully saturated rings. The Morgan fingerprint density at radius 2 is 2.22 bits per heavy atom. The molecule has 3 atom stereocenters. The van der Waals surface area contributed by atoms with Crippen LogP contribution in [0.3, 0.4) is 0 Å². The highest BCUT2D eigenvalue weighted by atomic mass is 16.1. The van der Waals surface area contributed by atoms with Gasteiger partial charge in [0.25, 0.3) is 0 Å². The molecular weight excluding hydrogens is 228 g/mol. The van der Waals surface area contributed by atoms with Crippen LogP contribution in [0.4, 0.5) is 0 Å². The monoisotopic (exact) mass is 252 g/mol. The van der Waals surface area contributed by atoms with Crippen molar-refractivity contribution in [3.8, 4) is 0 Å². The minimum Gasteiger partial charge on any atom is -0.368 e. The Bertz CT molecular complexity index is 350. The molecule has 1 heterocycles. The first-order valence-corrected chi connectivity index (χ1v) is 6.60. The average Bonchev–Trinajstić information content (AvgIpc) is 2.86. The molecule has 102 valence electrons. The summed E-state index contributed by atoms with van der Waals surface area (Å²) in [6.45, 7) is 6.23. The van der Waals surface area contributed by atoms with Gasteiger partial charge in [0.15, 0.2) is 0 Å². The molecule has 3 N–H and O–H groups in total. The van der Waals surface area contributed by atoms with Gasteiger partial charge in [0.05, 0.1) is 12.1 Å². The molecule has 0 aliphatic carbocycles. The van der Waals surface area contributed by atoms with E-state index >= 15 is 0 Å². The Balaban J connectivity index is 2.55. The molecule has 1 aromatic heterocycles. The third kappa shape index (κ3) is 4.14. The Morgan fingerprint density at radius 3 is 2.72 bits per heavy atom.